The van der Waals surface area contributed by atoms with Crippen molar-refractivity contribution in [3.63, 3.8) is 0 Å². The number of fused-ring (bicyclic) bond motifs is 1. The Hall–Kier alpha value is -5.05. The number of benzene rings is 3. The number of rotatable bonds is 5. The molecular formula is C29H25N5O4. The molecule has 5 aromatic rings. The zero-order valence-electron chi connectivity index (χ0n) is 21.1. The van der Waals surface area contributed by atoms with Gasteiger partial charge in [0, 0.05) is 18.3 Å². The highest BCUT2D eigenvalue weighted by Gasteiger charge is 2.24. The van der Waals surface area contributed by atoms with E-state index in [0.717, 1.165) is 5.69 Å². The monoisotopic (exact) mass is 507 g/mol. The molecule has 9 heteroatoms. The van der Waals surface area contributed by atoms with Crippen LogP contribution in [0, 0.1) is 13.8 Å². The first-order valence-corrected chi connectivity index (χ1v) is 12.1. The summed E-state index contributed by atoms with van der Waals surface area (Å²) in [4.78, 5) is 32.4. The summed E-state index contributed by atoms with van der Waals surface area (Å²) >= 11 is 0. The van der Waals surface area contributed by atoms with E-state index in [0.29, 0.717) is 45.4 Å². The predicted octanol–water partition coefficient (Wildman–Crippen LogP) is 4.17. The first kappa shape index (κ1) is 23.4. The third-order valence-electron chi connectivity index (χ3n) is 6.72. The average molecular weight is 508 g/mol. The van der Waals surface area contributed by atoms with Crippen LogP contribution < -0.4 is 20.6 Å². The van der Waals surface area contributed by atoms with Crippen LogP contribution in [0.4, 0.5) is 5.69 Å². The normalized spacial score (nSPS) is 12.8. The second kappa shape index (κ2) is 9.11. The van der Waals surface area contributed by atoms with Gasteiger partial charge in [-0.05, 0) is 56.3 Å². The molecule has 0 amide bonds. The summed E-state index contributed by atoms with van der Waals surface area (Å²) in [6.45, 7) is 3.77. The summed E-state index contributed by atoms with van der Waals surface area (Å²) in [5, 5.41) is 3.17. The van der Waals surface area contributed by atoms with Gasteiger partial charge in [0.1, 0.15) is 0 Å². The number of hydrogen-bond acceptors (Lipinski definition) is 5. The molecule has 3 heterocycles. The van der Waals surface area contributed by atoms with Gasteiger partial charge >= 0.3 is 0 Å². The van der Waals surface area contributed by atoms with Gasteiger partial charge in [0.05, 0.1) is 28.3 Å². The van der Waals surface area contributed by atoms with E-state index in [1.165, 1.54) is 4.68 Å². The topological polar surface area (TPSA) is 95.5 Å². The van der Waals surface area contributed by atoms with Crippen LogP contribution >= 0.6 is 0 Å². The lowest BCUT2D eigenvalue weighted by molar-refractivity contribution is 0.174. The zero-order valence-corrected chi connectivity index (χ0v) is 21.1. The molecule has 3 aromatic carbocycles. The Morgan fingerprint density at radius 1 is 0.842 bits per heavy atom. The molecule has 1 aliphatic heterocycles. The molecule has 1 aliphatic rings. The summed E-state index contributed by atoms with van der Waals surface area (Å²) in [6.07, 6.45) is 0. The summed E-state index contributed by atoms with van der Waals surface area (Å²) in [5.74, 6) is 1.17. The highest BCUT2D eigenvalue weighted by molar-refractivity contribution is 6.14. The molecule has 0 atom stereocenters. The Morgan fingerprint density at radius 2 is 1.50 bits per heavy atom. The highest BCUT2D eigenvalue weighted by Crippen LogP contribution is 2.34. The van der Waals surface area contributed by atoms with Crippen LogP contribution in [0.5, 0.6) is 11.5 Å². The molecular weight excluding hydrogens is 482 g/mol. The maximum Gasteiger partial charge on any atom is 0.297 e. The number of para-hydroxylation sites is 2. The third kappa shape index (κ3) is 3.76. The van der Waals surface area contributed by atoms with Crippen molar-refractivity contribution < 1.29 is 9.47 Å². The number of ether oxygens (including phenoxy) is 2. The minimum absolute atomic E-state index is 0.120. The molecule has 0 bridgehead atoms. The quantitative estimate of drug-likeness (QED) is 0.361. The van der Waals surface area contributed by atoms with Gasteiger partial charge in [0.25, 0.3) is 11.1 Å². The molecule has 0 aliphatic carbocycles. The van der Waals surface area contributed by atoms with Crippen molar-refractivity contribution in [2.75, 3.05) is 6.79 Å². The van der Waals surface area contributed by atoms with Crippen LogP contribution in [-0.4, -0.2) is 31.6 Å². The zero-order chi connectivity index (χ0) is 26.4. The lowest BCUT2D eigenvalue weighted by Crippen LogP contribution is -2.22. The van der Waals surface area contributed by atoms with Gasteiger partial charge in [-0.3, -0.25) is 19.4 Å². The fourth-order valence-corrected chi connectivity index (χ4v) is 4.69. The van der Waals surface area contributed by atoms with Gasteiger partial charge in [0.15, 0.2) is 17.2 Å². The second-order valence-corrected chi connectivity index (χ2v) is 9.03. The number of aromatic amines is 1. The smallest absolute Gasteiger partial charge is 0.297 e. The number of nitrogens with zero attached hydrogens (tertiary/aromatic N) is 4. The summed E-state index contributed by atoms with van der Waals surface area (Å²) in [6, 6.07) is 24.1. The van der Waals surface area contributed by atoms with E-state index < -0.39 is 0 Å². The van der Waals surface area contributed by atoms with E-state index in [2.05, 4.69) is 5.10 Å². The van der Waals surface area contributed by atoms with Crippen LogP contribution in [0.25, 0.3) is 11.4 Å². The fourth-order valence-electron chi connectivity index (χ4n) is 4.69. The van der Waals surface area contributed by atoms with E-state index in [-0.39, 0.29) is 23.6 Å². The second-order valence-electron chi connectivity index (χ2n) is 9.03. The van der Waals surface area contributed by atoms with E-state index in [1.807, 2.05) is 87.6 Å². The number of nitrogens with one attached hydrogen (secondary N) is 1. The molecule has 0 saturated carbocycles. The molecule has 0 radical (unpaired) electrons. The third-order valence-corrected chi connectivity index (χ3v) is 6.72. The van der Waals surface area contributed by atoms with E-state index in [9.17, 15) is 9.59 Å². The molecule has 2 aromatic heterocycles. The molecule has 1 N–H and O–H groups in total. The van der Waals surface area contributed by atoms with Crippen molar-refractivity contribution in [1.82, 2.24) is 19.1 Å². The number of aliphatic imine (C=N–C) groups is 1. The Bertz CT molecular complexity index is 1810. The predicted molar refractivity (Wildman–Crippen MR) is 145 cm³/mol. The molecule has 0 spiro atoms. The first-order chi connectivity index (χ1) is 18.4. The minimum atomic E-state index is -0.286. The standard InChI is InChI=1S/C29H25N5O4/c1-18-25(28(35)33(31-18)21-10-6-4-7-11-21)27(20-14-15-23-24(16-20)38-17-37-23)30-26-19(2)32(3)34(29(26)36)22-12-8-5-9-13-22/h4-16,31H,17H2,1-3H3. The maximum absolute atomic E-state index is 13.8. The molecule has 0 saturated heterocycles. The lowest BCUT2D eigenvalue weighted by atomic mass is 10.0. The molecule has 6 rings (SSSR count). The van der Waals surface area contributed by atoms with Gasteiger partial charge in [-0.25, -0.2) is 14.4 Å². The summed E-state index contributed by atoms with van der Waals surface area (Å²) < 4.78 is 15.9. The average Bonchev–Trinajstić information content (AvgIpc) is 3.59. The largest absolute Gasteiger partial charge is 0.454 e. The van der Waals surface area contributed by atoms with Crippen LogP contribution in [0.1, 0.15) is 22.5 Å². The van der Waals surface area contributed by atoms with Gasteiger partial charge in [-0.15, -0.1) is 0 Å². The Labute approximate surface area is 217 Å². The Morgan fingerprint density at radius 3 is 2.21 bits per heavy atom. The lowest BCUT2D eigenvalue weighted by Gasteiger charge is -2.07. The Kier molecular flexibility index (Phi) is 5.60. The molecule has 0 unspecified atom stereocenters. The van der Waals surface area contributed by atoms with Gasteiger partial charge in [0.2, 0.25) is 6.79 Å². The van der Waals surface area contributed by atoms with Crippen LogP contribution in [0.2, 0.25) is 0 Å². The first-order valence-electron chi connectivity index (χ1n) is 12.1. The van der Waals surface area contributed by atoms with Crippen molar-refractivity contribution in [2.45, 2.75) is 13.8 Å². The molecule has 0 fully saturated rings. The fraction of sp³-hybridized carbons (Fsp3) is 0.138. The van der Waals surface area contributed by atoms with Crippen molar-refractivity contribution in [2.24, 2.45) is 12.0 Å². The number of aromatic nitrogens is 4. The minimum Gasteiger partial charge on any atom is -0.454 e. The van der Waals surface area contributed by atoms with Crippen LogP contribution in [0.15, 0.2) is 93.4 Å². The van der Waals surface area contributed by atoms with E-state index in [1.54, 1.807) is 21.5 Å². The number of hydrogen-bond donors (Lipinski definition) is 1. The van der Waals surface area contributed by atoms with Crippen molar-refractivity contribution in [3.05, 3.63) is 122 Å². The number of aryl methyl sites for hydroxylation is 1. The van der Waals surface area contributed by atoms with Crippen molar-refractivity contribution in [1.29, 1.82) is 0 Å². The van der Waals surface area contributed by atoms with Crippen LogP contribution in [0.3, 0.4) is 0 Å². The van der Waals surface area contributed by atoms with Gasteiger partial charge in [-0.1, -0.05) is 36.4 Å². The summed E-state index contributed by atoms with van der Waals surface area (Å²) in [7, 11) is 1.81. The van der Waals surface area contributed by atoms with E-state index >= 15 is 0 Å². The van der Waals surface area contributed by atoms with Crippen molar-refractivity contribution >= 4 is 11.4 Å². The molecule has 9 nitrogen and oxygen atoms in total. The van der Waals surface area contributed by atoms with E-state index in [4.69, 9.17) is 14.5 Å². The molecule has 190 valence electrons. The van der Waals surface area contributed by atoms with Gasteiger partial charge in [-0.2, -0.15) is 0 Å². The number of H-pyrrole nitrogens is 1. The highest BCUT2D eigenvalue weighted by atomic mass is 16.7. The maximum atomic E-state index is 13.8. The molecule has 38 heavy (non-hydrogen) atoms. The summed E-state index contributed by atoms with van der Waals surface area (Å²) in [5.41, 5.74) is 3.73. The van der Waals surface area contributed by atoms with Crippen molar-refractivity contribution in [3.8, 4) is 22.9 Å². The Balaban J connectivity index is 1.61. The van der Waals surface area contributed by atoms with Crippen LogP contribution in [-0.2, 0) is 7.05 Å². The SMILES string of the molecule is Cc1[nH]n(-c2ccccc2)c(=O)c1C(=Nc1c(C)n(C)n(-c2ccccc2)c1=O)c1ccc2c(c1)OCO2. The van der Waals surface area contributed by atoms with Gasteiger partial charge < -0.3 is 9.47 Å².